The molecule has 0 saturated carbocycles. The van der Waals surface area contributed by atoms with Gasteiger partial charge < -0.3 is 11.2 Å². The lowest BCUT2D eigenvalue weighted by Crippen LogP contribution is -2.34. The van der Waals surface area contributed by atoms with Gasteiger partial charge in [0.1, 0.15) is 5.69 Å². The molecule has 1 aromatic heterocycles. The maximum Gasteiger partial charge on any atom is 0.294 e. The van der Waals surface area contributed by atoms with Crippen molar-refractivity contribution in [2.45, 2.75) is 25.4 Å². The summed E-state index contributed by atoms with van der Waals surface area (Å²) in [5, 5.41) is 11.7. The molecule has 3 aromatic rings. The second-order valence-corrected chi connectivity index (χ2v) is 7.89. The van der Waals surface area contributed by atoms with Crippen LogP contribution in [-0.2, 0) is 11.2 Å². The molecule has 0 fully saturated rings. The fourth-order valence-corrected chi connectivity index (χ4v) is 3.52. The molecule has 3 rings (SSSR count). The molecule has 7 nitrogen and oxygen atoms in total. The predicted octanol–water partition coefficient (Wildman–Crippen LogP) is 2.94. The van der Waals surface area contributed by atoms with Crippen molar-refractivity contribution in [1.82, 2.24) is 14.9 Å². The van der Waals surface area contributed by atoms with Crippen LogP contribution in [0.2, 0.25) is 5.02 Å². The number of nitrogens with zero attached hydrogens (tertiary/aromatic N) is 3. The molecular weight excluding hydrogens is 410 g/mol. The van der Waals surface area contributed by atoms with Gasteiger partial charge in [0.25, 0.3) is 5.56 Å². The minimum Gasteiger partial charge on any atom is -0.334 e. The standard InChI is InChI=1S/C20H20ClN5O2S/c1-12-4-3-5-13(2)18(12)23-17(27)11-29-20-25-24-16(19(28)26(20)22)10-14-6-8-15(21)9-7-14/h3-9H,10-11,22H2,1-2H3,(H,23,27). The maximum atomic E-state index is 12.5. The fourth-order valence-electron chi connectivity index (χ4n) is 2.74. The Morgan fingerprint density at radius 1 is 1.14 bits per heavy atom. The van der Waals surface area contributed by atoms with Gasteiger partial charge in [-0.25, -0.2) is 0 Å². The van der Waals surface area contributed by atoms with Crippen LogP contribution in [0.25, 0.3) is 0 Å². The van der Waals surface area contributed by atoms with Crippen molar-refractivity contribution in [1.29, 1.82) is 0 Å². The number of carbonyl (C=O) groups excluding carboxylic acids is 1. The van der Waals surface area contributed by atoms with Crippen molar-refractivity contribution in [3.8, 4) is 0 Å². The maximum absolute atomic E-state index is 12.5. The van der Waals surface area contributed by atoms with Crippen LogP contribution >= 0.6 is 23.4 Å². The number of rotatable bonds is 6. The quantitative estimate of drug-likeness (QED) is 0.461. The molecular formula is C20H20ClN5O2S. The fraction of sp³-hybridized carbons (Fsp3) is 0.200. The van der Waals surface area contributed by atoms with Gasteiger partial charge in [-0.1, -0.05) is 53.7 Å². The predicted molar refractivity (Wildman–Crippen MR) is 116 cm³/mol. The minimum atomic E-state index is -0.451. The number of hydrogen-bond donors (Lipinski definition) is 2. The molecule has 0 aliphatic rings. The van der Waals surface area contributed by atoms with Crippen LogP contribution in [0, 0.1) is 13.8 Å². The van der Waals surface area contributed by atoms with Crippen LogP contribution in [0.3, 0.4) is 0 Å². The number of aromatic nitrogens is 3. The normalized spacial score (nSPS) is 10.7. The summed E-state index contributed by atoms with van der Waals surface area (Å²) in [6.07, 6.45) is 0.290. The molecule has 0 aliphatic carbocycles. The Morgan fingerprint density at radius 2 is 1.79 bits per heavy atom. The van der Waals surface area contributed by atoms with Crippen LogP contribution in [0.1, 0.15) is 22.4 Å². The van der Waals surface area contributed by atoms with Gasteiger partial charge in [-0.3, -0.25) is 9.59 Å². The highest BCUT2D eigenvalue weighted by molar-refractivity contribution is 7.99. The minimum absolute atomic E-state index is 0.0512. The highest BCUT2D eigenvalue weighted by atomic mass is 35.5. The Morgan fingerprint density at radius 3 is 2.45 bits per heavy atom. The average molecular weight is 430 g/mol. The average Bonchev–Trinajstić information content (AvgIpc) is 2.69. The highest BCUT2D eigenvalue weighted by Crippen LogP contribution is 2.20. The van der Waals surface area contributed by atoms with Gasteiger partial charge in [0, 0.05) is 17.1 Å². The zero-order valence-electron chi connectivity index (χ0n) is 16.0. The van der Waals surface area contributed by atoms with E-state index in [-0.39, 0.29) is 28.9 Å². The zero-order chi connectivity index (χ0) is 21.0. The first kappa shape index (κ1) is 20.9. The lowest BCUT2D eigenvalue weighted by molar-refractivity contribution is -0.113. The van der Waals surface area contributed by atoms with Gasteiger partial charge in [-0.2, -0.15) is 4.68 Å². The Hall–Kier alpha value is -2.84. The lowest BCUT2D eigenvalue weighted by atomic mass is 10.1. The van der Waals surface area contributed by atoms with Crippen LogP contribution in [-0.4, -0.2) is 26.5 Å². The van der Waals surface area contributed by atoms with E-state index in [9.17, 15) is 9.59 Å². The third-order valence-corrected chi connectivity index (χ3v) is 5.49. The lowest BCUT2D eigenvalue weighted by Gasteiger charge is -2.11. The number of nitrogens with one attached hydrogen (secondary N) is 1. The van der Waals surface area contributed by atoms with E-state index in [0.29, 0.717) is 5.02 Å². The van der Waals surface area contributed by atoms with Crippen LogP contribution < -0.4 is 16.7 Å². The molecule has 0 saturated heterocycles. The number of para-hydroxylation sites is 1. The summed E-state index contributed by atoms with van der Waals surface area (Å²) in [5.74, 6) is 5.71. The third kappa shape index (κ3) is 5.16. The van der Waals surface area contributed by atoms with E-state index in [0.717, 1.165) is 38.8 Å². The number of thioether (sulfide) groups is 1. The van der Waals surface area contributed by atoms with E-state index in [1.54, 1.807) is 12.1 Å². The van der Waals surface area contributed by atoms with Crippen LogP contribution in [0.4, 0.5) is 5.69 Å². The van der Waals surface area contributed by atoms with Crippen LogP contribution in [0.15, 0.2) is 52.4 Å². The Kier molecular flexibility index (Phi) is 6.56. The number of hydrogen-bond acceptors (Lipinski definition) is 6. The number of amides is 1. The Balaban J connectivity index is 1.67. The Labute approximate surface area is 177 Å². The number of anilines is 1. The SMILES string of the molecule is Cc1cccc(C)c1NC(=O)CSc1nnc(Cc2ccc(Cl)cc2)c(=O)n1N. The summed E-state index contributed by atoms with van der Waals surface area (Å²) in [6.45, 7) is 3.86. The van der Waals surface area contributed by atoms with Gasteiger partial charge in [-0.05, 0) is 42.7 Å². The summed E-state index contributed by atoms with van der Waals surface area (Å²) in [5.41, 5.74) is 3.38. The molecule has 0 atom stereocenters. The number of nitrogens with two attached hydrogens (primary N) is 1. The first-order chi connectivity index (χ1) is 13.8. The number of aryl methyl sites for hydroxylation is 2. The molecule has 9 heteroatoms. The first-order valence-corrected chi connectivity index (χ1v) is 10.2. The van der Waals surface area contributed by atoms with E-state index in [4.69, 9.17) is 17.4 Å². The first-order valence-electron chi connectivity index (χ1n) is 8.82. The third-order valence-electron chi connectivity index (χ3n) is 4.29. The second kappa shape index (κ2) is 9.11. The smallest absolute Gasteiger partial charge is 0.294 e. The molecule has 0 radical (unpaired) electrons. The topological polar surface area (TPSA) is 103 Å². The van der Waals surface area contributed by atoms with Crippen molar-refractivity contribution >= 4 is 35.0 Å². The number of benzene rings is 2. The number of halogens is 1. The van der Waals surface area contributed by atoms with E-state index in [1.165, 1.54) is 0 Å². The van der Waals surface area contributed by atoms with Crippen molar-refractivity contribution in [2.24, 2.45) is 0 Å². The van der Waals surface area contributed by atoms with Crippen LogP contribution in [0.5, 0.6) is 0 Å². The second-order valence-electron chi connectivity index (χ2n) is 6.51. The highest BCUT2D eigenvalue weighted by Gasteiger charge is 2.14. The van der Waals surface area contributed by atoms with Crippen molar-refractivity contribution < 1.29 is 4.79 Å². The molecule has 3 N–H and O–H groups in total. The van der Waals surface area contributed by atoms with E-state index in [2.05, 4.69) is 15.5 Å². The zero-order valence-corrected chi connectivity index (χ0v) is 17.5. The molecule has 0 bridgehead atoms. The van der Waals surface area contributed by atoms with Gasteiger partial charge in [0.2, 0.25) is 11.1 Å². The van der Waals surface area contributed by atoms with Gasteiger partial charge in [-0.15, -0.1) is 10.2 Å². The number of carbonyl (C=O) groups is 1. The molecule has 150 valence electrons. The van der Waals surface area contributed by atoms with Gasteiger partial charge >= 0.3 is 0 Å². The molecule has 1 heterocycles. The monoisotopic (exact) mass is 429 g/mol. The van der Waals surface area contributed by atoms with E-state index < -0.39 is 5.56 Å². The molecule has 0 spiro atoms. The Bertz CT molecular complexity index is 1080. The van der Waals surface area contributed by atoms with Crippen molar-refractivity contribution in [3.05, 3.63) is 80.2 Å². The van der Waals surface area contributed by atoms with E-state index >= 15 is 0 Å². The number of nitrogen functional groups attached to an aromatic ring is 1. The summed E-state index contributed by atoms with van der Waals surface area (Å²) >= 11 is 6.92. The summed E-state index contributed by atoms with van der Waals surface area (Å²) < 4.78 is 0.926. The van der Waals surface area contributed by atoms with E-state index in [1.807, 2.05) is 44.2 Å². The summed E-state index contributed by atoms with van der Waals surface area (Å²) in [4.78, 5) is 24.8. The van der Waals surface area contributed by atoms with Crippen molar-refractivity contribution in [3.63, 3.8) is 0 Å². The van der Waals surface area contributed by atoms with Gasteiger partial charge in [0.05, 0.1) is 5.75 Å². The molecule has 0 unspecified atom stereocenters. The van der Waals surface area contributed by atoms with Crippen molar-refractivity contribution in [2.75, 3.05) is 16.9 Å². The molecule has 0 aliphatic heterocycles. The molecule has 29 heavy (non-hydrogen) atoms. The summed E-state index contributed by atoms with van der Waals surface area (Å²) in [6, 6.07) is 12.9. The van der Waals surface area contributed by atoms with Gasteiger partial charge in [0.15, 0.2) is 0 Å². The molecule has 2 aromatic carbocycles. The summed E-state index contributed by atoms with van der Waals surface area (Å²) in [7, 11) is 0. The largest absolute Gasteiger partial charge is 0.334 e. The molecule has 1 amide bonds.